The van der Waals surface area contributed by atoms with E-state index in [-0.39, 0.29) is 11.3 Å². The molecule has 1 rings (SSSR count). The quantitative estimate of drug-likeness (QED) is 0.635. The van der Waals surface area contributed by atoms with Crippen molar-refractivity contribution in [1.29, 1.82) is 5.41 Å². The third-order valence-electron chi connectivity index (χ3n) is 3.58. The van der Waals surface area contributed by atoms with Crippen molar-refractivity contribution in [2.45, 2.75) is 40.3 Å². The number of amidine groups is 1. The van der Waals surface area contributed by atoms with Gasteiger partial charge in [-0.2, -0.15) is 0 Å². The summed E-state index contributed by atoms with van der Waals surface area (Å²) in [5, 5.41) is 7.46. The summed E-state index contributed by atoms with van der Waals surface area (Å²) in [4.78, 5) is 2.33. The fourth-order valence-corrected chi connectivity index (χ4v) is 1.92. The molecule has 0 bridgehead atoms. The van der Waals surface area contributed by atoms with Crippen molar-refractivity contribution in [3.05, 3.63) is 35.4 Å². The van der Waals surface area contributed by atoms with Crippen LogP contribution in [0, 0.1) is 10.8 Å². The Bertz CT molecular complexity index is 418. The van der Waals surface area contributed by atoms with Gasteiger partial charge in [-0.1, -0.05) is 39.0 Å². The van der Waals surface area contributed by atoms with Gasteiger partial charge in [-0.25, -0.2) is 0 Å². The van der Waals surface area contributed by atoms with Gasteiger partial charge < -0.3 is 5.73 Å². The first-order valence-corrected chi connectivity index (χ1v) is 6.35. The average molecular weight is 247 g/mol. The zero-order valence-electron chi connectivity index (χ0n) is 12.1. The number of benzene rings is 1. The third-order valence-corrected chi connectivity index (χ3v) is 3.58. The van der Waals surface area contributed by atoms with Gasteiger partial charge in [0.2, 0.25) is 0 Å². The molecule has 0 saturated carbocycles. The second kappa shape index (κ2) is 5.53. The van der Waals surface area contributed by atoms with Crippen LogP contribution in [-0.2, 0) is 6.54 Å². The lowest BCUT2D eigenvalue weighted by molar-refractivity contribution is 0.134. The van der Waals surface area contributed by atoms with Crippen LogP contribution >= 0.6 is 0 Å². The van der Waals surface area contributed by atoms with Crippen LogP contribution in [0.4, 0.5) is 0 Å². The molecule has 100 valence electrons. The van der Waals surface area contributed by atoms with E-state index in [9.17, 15) is 0 Å². The molecule has 18 heavy (non-hydrogen) atoms. The van der Waals surface area contributed by atoms with Crippen LogP contribution in [0.15, 0.2) is 24.3 Å². The van der Waals surface area contributed by atoms with Gasteiger partial charge in [-0.3, -0.25) is 10.3 Å². The second-order valence-corrected chi connectivity index (χ2v) is 6.07. The van der Waals surface area contributed by atoms with E-state index < -0.39 is 0 Å². The Balaban J connectivity index is 2.79. The summed E-state index contributed by atoms with van der Waals surface area (Å²) < 4.78 is 0. The minimum atomic E-state index is 0.128. The average Bonchev–Trinajstić information content (AvgIpc) is 2.27. The highest BCUT2D eigenvalue weighted by atomic mass is 15.1. The SMILES string of the molecule is CC(N(C)Cc1cccc(C(=N)N)c1)C(C)(C)C. The molecule has 0 aromatic heterocycles. The lowest BCUT2D eigenvalue weighted by Crippen LogP contribution is -2.38. The maximum absolute atomic E-state index is 7.46. The zero-order chi connectivity index (χ0) is 13.9. The molecule has 0 aliphatic carbocycles. The zero-order valence-corrected chi connectivity index (χ0v) is 12.1. The van der Waals surface area contributed by atoms with E-state index in [4.69, 9.17) is 11.1 Å². The molecule has 3 N–H and O–H groups in total. The van der Waals surface area contributed by atoms with Crippen molar-refractivity contribution in [3.63, 3.8) is 0 Å². The first kappa shape index (κ1) is 14.7. The number of nitrogens with two attached hydrogens (primary N) is 1. The second-order valence-electron chi connectivity index (χ2n) is 6.07. The number of hydrogen-bond donors (Lipinski definition) is 2. The highest BCUT2D eigenvalue weighted by Crippen LogP contribution is 2.24. The van der Waals surface area contributed by atoms with Crippen LogP contribution in [0.3, 0.4) is 0 Å². The number of nitrogens with one attached hydrogen (secondary N) is 1. The summed E-state index contributed by atoms with van der Waals surface area (Å²) in [7, 11) is 2.14. The Labute approximate surface area is 111 Å². The lowest BCUT2D eigenvalue weighted by Gasteiger charge is -2.35. The van der Waals surface area contributed by atoms with Gasteiger partial charge in [-0.05, 0) is 31.0 Å². The summed E-state index contributed by atoms with van der Waals surface area (Å²) in [5.74, 6) is 0.128. The Morgan fingerprint density at radius 1 is 1.39 bits per heavy atom. The van der Waals surface area contributed by atoms with E-state index in [1.807, 2.05) is 18.2 Å². The molecule has 1 aromatic rings. The topological polar surface area (TPSA) is 53.1 Å². The monoisotopic (exact) mass is 247 g/mol. The maximum Gasteiger partial charge on any atom is 0.122 e. The molecule has 0 amide bonds. The van der Waals surface area contributed by atoms with Crippen molar-refractivity contribution in [3.8, 4) is 0 Å². The largest absolute Gasteiger partial charge is 0.384 e. The summed E-state index contributed by atoms with van der Waals surface area (Å²) >= 11 is 0. The first-order chi connectivity index (χ1) is 8.21. The molecule has 1 atom stereocenters. The predicted molar refractivity (Wildman–Crippen MR) is 77.8 cm³/mol. The van der Waals surface area contributed by atoms with Crippen LogP contribution in [-0.4, -0.2) is 23.8 Å². The minimum absolute atomic E-state index is 0.128. The van der Waals surface area contributed by atoms with Crippen LogP contribution in [0.2, 0.25) is 0 Å². The smallest absolute Gasteiger partial charge is 0.122 e. The number of nitrogen functional groups attached to an aromatic ring is 1. The van der Waals surface area contributed by atoms with E-state index in [2.05, 4.69) is 45.7 Å². The van der Waals surface area contributed by atoms with Crippen molar-refractivity contribution >= 4 is 5.84 Å². The molecule has 0 saturated heterocycles. The predicted octanol–water partition coefficient (Wildman–Crippen LogP) is 2.84. The van der Waals surface area contributed by atoms with Crippen LogP contribution in [0.25, 0.3) is 0 Å². The minimum Gasteiger partial charge on any atom is -0.384 e. The van der Waals surface area contributed by atoms with E-state index in [0.717, 1.165) is 12.1 Å². The van der Waals surface area contributed by atoms with Crippen LogP contribution in [0.1, 0.15) is 38.8 Å². The van der Waals surface area contributed by atoms with Crippen LogP contribution in [0.5, 0.6) is 0 Å². The summed E-state index contributed by atoms with van der Waals surface area (Å²) in [6, 6.07) is 8.39. The number of nitrogens with zero attached hydrogens (tertiary/aromatic N) is 1. The first-order valence-electron chi connectivity index (χ1n) is 6.35. The Morgan fingerprint density at radius 2 is 2.00 bits per heavy atom. The maximum atomic E-state index is 7.46. The summed E-state index contributed by atoms with van der Waals surface area (Å²) in [6.07, 6.45) is 0. The highest BCUT2D eigenvalue weighted by Gasteiger charge is 2.23. The third kappa shape index (κ3) is 3.84. The molecule has 0 heterocycles. The molecule has 0 spiro atoms. The van der Waals surface area contributed by atoms with Crippen molar-refractivity contribution in [2.75, 3.05) is 7.05 Å². The number of hydrogen-bond acceptors (Lipinski definition) is 2. The lowest BCUT2D eigenvalue weighted by atomic mass is 9.87. The molecular weight excluding hydrogens is 222 g/mol. The molecule has 3 heteroatoms. The van der Waals surface area contributed by atoms with Gasteiger partial charge in [0.15, 0.2) is 0 Å². The van der Waals surface area contributed by atoms with E-state index >= 15 is 0 Å². The molecular formula is C15H25N3. The molecule has 0 radical (unpaired) electrons. The summed E-state index contributed by atoms with van der Waals surface area (Å²) in [6.45, 7) is 9.87. The summed E-state index contributed by atoms with van der Waals surface area (Å²) in [5.41, 5.74) is 7.76. The van der Waals surface area contributed by atoms with E-state index in [1.165, 1.54) is 5.56 Å². The van der Waals surface area contributed by atoms with Gasteiger partial charge >= 0.3 is 0 Å². The van der Waals surface area contributed by atoms with Gasteiger partial charge in [0.05, 0.1) is 0 Å². The Kier molecular flexibility index (Phi) is 4.52. The fourth-order valence-electron chi connectivity index (χ4n) is 1.92. The normalized spacial score (nSPS) is 13.7. The van der Waals surface area contributed by atoms with E-state index in [0.29, 0.717) is 6.04 Å². The van der Waals surface area contributed by atoms with Crippen molar-refractivity contribution in [1.82, 2.24) is 4.90 Å². The van der Waals surface area contributed by atoms with Crippen molar-refractivity contribution < 1.29 is 0 Å². The fraction of sp³-hybridized carbons (Fsp3) is 0.533. The molecule has 0 aliphatic rings. The Morgan fingerprint density at radius 3 is 2.50 bits per heavy atom. The van der Waals surface area contributed by atoms with Crippen LogP contribution < -0.4 is 5.73 Å². The Hall–Kier alpha value is -1.35. The molecule has 0 fully saturated rings. The molecule has 1 unspecified atom stereocenters. The van der Waals surface area contributed by atoms with Crippen molar-refractivity contribution in [2.24, 2.45) is 11.1 Å². The molecule has 3 nitrogen and oxygen atoms in total. The van der Waals surface area contributed by atoms with Gasteiger partial charge in [-0.15, -0.1) is 0 Å². The van der Waals surface area contributed by atoms with Gasteiger partial charge in [0, 0.05) is 18.2 Å². The standard InChI is InChI=1S/C15H25N3/c1-11(15(2,3)4)18(5)10-12-7-6-8-13(9-12)14(16)17/h6-9,11H,10H2,1-5H3,(H3,16,17). The highest BCUT2D eigenvalue weighted by molar-refractivity contribution is 5.95. The van der Waals surface area contributed by atoms with E-state index in [1.54, 1.807) is 0 Å². The molecule has 1 aromatic carbocycles. The van der Waals surface area contributed by atoms with Gasteiger partial charge in [0.1, 0.15) is 5.84 Å². The number of rotatable bonds is 4. The molecule has 0 aliphatic heterocycles. The van der Waals surface area contributed by atoms with Gasteiger partial charge in [0.25, 0.3) is 0 Å².